The number of benzene rings is 1. The van der Waals surface area contributed by atoms with E-state index in [-0.39, 0.29) is 41.5 Å². The largest absolute Gasteiger partial charge is 0.386 e. The highest BCUT2D eigenvalue weighted by Gasteiger charge is 2.59. The second-order valence-electron chi connectivity index (χ2n) is 7.22. The van der Waals surface area contributed by atoms with Crippen LogP contribution in [0.25, 0.3) is 0 Å². The molecule has 7 heteroatoms. The predicted molar refractivity (Wildman–Crippen MR) is 116 cm³/mol. The molecule has 0 aromatic heterocycles. The van der Waals surface area contributed by atoms with E-state index in [9.17, 15) is 9.50 Å². The number of aliphatic imine (C=N–C) groups is 1. The molecule has 152 valence electrons. The smallest absolute Gasteiger partial charge is 0.191 e. The topological polar surface area (TPSA) is 65.9 Å². The zero-order valence-corrected chi connectivity index (χ0v) is 18.4. The van der Waals surface area contributed by atoms with Crippen LogP contribution < -0.4 is 10.6 Å². The molecule has 1 spiro atoms. The van der Waals surface area contributed by atoms with Crippen molar-refractivity contribution in [1.82, 2.24) is 10.6 Å². The van der Waals surface area contributed by atoms with Crippen LogP contribution in [0.15, 0.2) is 29.3 Å². The van der Waals surface area contributed by atoms with Crippen molar-refractivity contribution >= 4 is 29.9 Å². The lowest BCUT2D eigenvalue weighted by Gasteiger charge is -2.61. The molecule has 2 aliphatic carbocycles. The van der Waals surface area contributed by atoms with Crippen molar-refractivity contribution in [2.24, 2.45) is 10.4 Å². The standard InChI is InChI=1S/C20H30FN3O2.HI/c1-3-22-19(23-13-16(25)14-8-5-6-9-15(14)21)24-17-12-18(26-4-2)20(17)10-7-11-20;/h5-6,8-9,16-18,25H,3-4,7,10-13H2,1-2H3,(H2,22,23,24);1H. The van der Waals surface area contributed by atoms with Gasteiger partial charge in [-0.15, -0.1) is 24.0 Å². The average molecular weight is 491 g/mol. The third-order valence-corrected chi connectivity index (χ3v) is 5.78. The van der Waals surface area contributed by atoms with Gasteiger partial charge in [-0.25, -0.2) is 4.39 Å². The Kier molecular flexibility index (Phi) is 8.30. The Bertz CT molecular complexity index is 639. The molecule has 0 aliphatic heterocycles. The van der Waals surface area contributed by atoms with E-state index in [1.54, 1.807) is 18.2 Å². The molecule has 5 nitrogen and oxygen atoms in total. The Morgan fingerprint density at radius 1 is 1.37 bits per heavy atom. The van der Waals surface area contributed by atoms with Gasteiger partial charge in [-0.05, 0) is 39.2 Å². The van der Waals surface area contributed by atoms with Crippen LogP contribution >= 0.6 is 24.0 Å². The Morgan fingerprint density at radius 2 is 2.11 bits per heavy atom. The van der Waals surface area contributed by atoms with Gasteiger partial charge in [0.05, 0.1) is 12.6 Å². The maximum atomic E-state index is 13.8. The normalized spacial score (nSPS) is 24.4. The van der Waals surface area contributed by atoms with Gasteiger partial charge in [-0.3, -0.25) is 4.99 Å². The summed E-state index contributed by atoms with van der Waals surface area (Å²) in [7, 11) is 0. The molecule has 27 heavy (non-hydrogen) atoms. The van der Waals surface area contributed by atoms with Gasteiger partial charge in [-0.2, -0.15) is 0 Å². The first-order chi connectivity index (χ1) is 12.6. The minimum atomic E-state index is -0.957. The summed E-state index contributed by atoms with van der Waals surface area (Å²) in [6, 6.07) is 6.63. The summed E-state index contributed by atoms with van der Waals surface area (Å²) >= 11 is 0. The molecule has 2 aliphatic rings. The zero-order chi connectivity index (χ0) is 18.6. The van der Waals surface area contributed by atoms with Gasteiger partial charge in [0, 0.05) is 30.2 Å². The summed E-state index contributed by atoms with van der Waals surface area (Å²) in [6.07, 6.45) is 3.99. The maximum Gasteiger partial charge on any atom is 0.191 e. The predicted octanol–water partition coefficient (Wildman–Crippen LogP) is 3.38. The molecule has 0 bridgehead atoms. The van der Waals surface area contributed by atoms with E-state index in [2.05, 4.69) is 15.6 Å². The van der Waals surface area contributed by atoms with E-state index < -0.39 is 11.9 Å². The number of nitrogens with one attached hydrogen (secondary N) is 2. The van der Waals surface area contributed by atoms with Gasteiger partial charge in [-0.1, -0.05) is 24.6 Å². The summed E-state index contributed by atoms with van der Waals surface area (Å²) in [5.74, 6) is 0.272. The van der Waals surface area contributed by atoms with Crippen molar-refractivity contribution in [3.05, 3.63) is 35.6 Å². The van der Waals surface area contributed by atoms with Crippen LogP contribution in [0, 0.1) is 11.2 Å². The number of hydrogen-bond donors (Lipinski definition) is 3. The monoisotopic (exact) mass is 491 g/mol. The Morgan fingerprint density at radius 3 is 2.70 bits per heavy atom. The van der Waals surface area contributed by atoms with E-state index in [0.29, 0.717) is 18.1 Å². The lowest BCUT2D eigenvalue weighted by molar-refractivity contribution is -0.168. The van der Waals surface area contributed by atoms with E-state index >= 15 is 0 Å². The number of nitrogens with zero attached hydrogens (tertiary/aromatic N) is 1. The molecule has 3 N–H and O–H groups in total. The van der Waals surface area contributed by atoms with Crippen LogP contribution in [0.5, 0.6) is 0 Å². The minimum Gasteiger partial charge on any atom is -0.386 e. The van der Waals surface area contributed by atoms with Crippen molar-refractivity contribution in [3.8, 4) is 0 Å². The number of ether oxygens (including phenoxy) is 1. The van der Waals surface area contributed by atoms with Crippen molar-refractivity contribution in [2.45, 2.75) is 57.8 Å². The molecule has 0 saturated heterocycles. The van der Waals surface area contributed by atoms with Crippen LogP contribution in [0.2, 0.25) is 0 Å². The van der Waals surface area contributed by atoms with E-state index in [0.717, 1.165) is 19.6 Å². The molecule has 1 aromatic rings. The number of rotatable bonds is 7. The van der Waals surface area contributed by atoms with Crippen LogP contribution in [-0.4, -0.2) is 42.9 Å². The molecule has 2 fully saturated rings. The molecule has 3 rings (SSSR count). The first-order valence-corrected chi connectivity index (χ1v) is 9.69. The Hall–Kier alpha value is -0.930. The summed E-state index contributed by atoms with van der Waals surface area (Å²) in [5, 5.41) is 17.0. The first-order valence-electron chi connectivity index (χ1n) is 9.69. The lowest BCUT2D eigenvalue weighted by atomic mass is 9.51. The molecular formula is C20H31FIN3O2. The number of hydrogen-bond acceptors (Lipinski definition) is 3. The van der Waals surface area contributed by atoms with Crippen LogP contribution in [0.4, 0.5) is 4.39 Å². The number of aliphatic hydroxyl groups excluding tert-OH is 1. The Labute approximate surface area is 178 Å². The van der Waals surface area contributed by atoms with Gasteiger partial charge in [0.25, 0.3) is 0 Å². The quantitative estimate of drug-likeness (QED) is 0.311. The van der Waals surface area contributed by atoms with Crippen molar-refractivity contribution in [1.29, 1.82) is 0 Å². The highest BCUT2D eigenvalue weighted by molar-refractivity contribution is 14.0. The van der Waals surface area contributed by atoms with Gasteiger partial charge in [0.2, 0.25) is 0 Å². The number of guanidine groups is 1. The molecule has 3 atom stereocenters. The first kappa shape index (κ1) is 22.4. The second-order valence-corrected chi connectivity index (χ2v) is 7.22. The fourth-order valence-corrected chi connectivity index (χ4v) is 4.15. The van der Waals surface area contributed by atoms with Gasteiger partial charge < -0.3 is 20.5 Å². The molecular weight excluding hydrogens is 460 g/mol. The summed E-state index contributed by atoms with van der Waals surface area (Å²) in [4.78, 5) is 4.48. The maximum absolute atomic E-state index is 13.8. The van der Waals surface area contributed by atoms with E-state index in [1.165, 1.54) is 25.3 Å². The van der Waals surface area contributed by atoms with Crippen molar-refractivity contribution in [2.75, 3.05) is 19.7 Å². The fraction of sp³-hybridized carbons (Fsp3) is 0.650. The fourth-order valence-electron chi connectivity index (χ4n) is 4.15. The second kappa shape index (κ2) is 10.0. The third-order valence-electron chi connectivity index (χ3n) is 5.78. The van der Waals surface area contributed by atoms with Gasteiger partial charge >= 0.3 is 0 Å². The molecule has 0 heterocycles. The van der Waals surface area contributed by atoms with E-state index in [4.69, 9.17) is 4.74 Å². The highest BCUT2D eigenvalue weighted by Crippen LogP contribution is 2.57. The average Bonchev–Trinajstić information content (AvgIpc) is 2.57. The Balaban J connectivity index is 0.00000261. The molecule has 2 saturated carbocycles. The minimum absolute atomic E-state index is 0. The third kappa shape index (κ3) is 4.74. The SMILES string of the molecule is CCNC(=NCC(O)c1ccccc1F)NC1CC(OCC)C12CCC2.I. The van der Waals surface area contributed by atoms with Crippen LogP contribution in [-0.2, 0) is 4.74 Å². The zero-order valence-electron chi connectivity index (χ0n) is 16.1. The summed E-state index contributed by atoms with van der Waals surface area (Å²) in [6.45, 7) is 5.65. The molecule has 0 radical (unpaired) electrons. The van der Waals surface area contributed by atoms with E-state index in [1.807, 2.05) is 13.8 Å². The van der Waals surface area contributed by atoms with Gasteiger partial charge in [0.1, 0.15) is 11.9 Å². The van der Waals surface area contributed by atoms with Gasteiger partial charge in [0.15, 0.2) is 5.96 Å². The summed E-state index contributed by atoms with van der Waals surface area (Å²) in [5.41, 5.74) is 0.513. The van der Waals surface area contributed by atoms with Crippen LogP contribution in [0.1, 0.15) is 51.2 Å². The van der Waals surface area contributed by atoms with Crippen LogP contribution in [0.3, 0.4) is 0 Å². The summed E-state index contributed by atoms with van der Waals surface area (Å²) < 4.78 is 19.7. The number of aliphatic hydroxyl groups is 1. The van der Waals surface area contributed by atoms with Crippen molar-refractivity contribution < 1.29 is 14.2 Å². The molecule has 3 unspecified atom stereocenters. The van der Waals surface area contributed by atoms with Crippen molar-refractivity contribution in [3.63, 3.8) is 0 Å². The number of halogens is 2. The highest BCUT2D eigenvalue weighted by atomic mass is 127. The molecule has 0 amide bonds. The molecule has 1 aromatic carbocycles. The lowest BCUT2D eigenvalue weighted by Crippen LogP contribution is -2.68.